The fourth-order valence-corrected chi connectivity index (χ4v) is 5.06. The summed E-state index contributed by atoms with van der Waals surface area (Å²) in [6.45, 7) is 6.70. The highest BCUT2D eigenvalue weighted by Gasteiger charge is 2.34. The Hall–Kier alpha value is -3.39. The van der Waals surface area contributed by atoms with E-state index in [9.17, 15) is 9.18 Å². The van der Waals surface area contributed by atoms with Crippen LogP contribution in [0.2, 0.25) is 0 Å². The minimum absolute atomic E-state index is 0.248. The zero-order chi connectivity index (χ0) is 22.7. The van der Waals surface area contributed by atoms with Crippen molar-refractivity contribution in [1.29, 1.82) is 0 Å². The minimum Gasteiger partial charge on any atom is -0.368 e. The van der Waals surface area contributed by atoms with Crippen LogP contribution in [-0.4, -0.2) is 46.0 Å². The molecule has 1 atom stereocenters. The first-order chi connectivity index (χ1) is 16.0. The number of H-pyrrole nitrogens is 1. The molecule has 1 aliphatic heterocycles. The number of anilines is 2. The van der Waals surface area contributed by atoms with Gasteiger partial charge >= 0.3 is 0 Å². The van der Waals surface area contributed by atoms with Crippen molar-refractivity contribution in [3.8, 4) is 0 Å². The standard InChI is InChI=1S/C25H27FN6O/c1-14-9-19-22(31-8-7-27-21(13-31)16-3-4-16)6-5-18(23(19)28-14)25(33)30-17-10-20(26)24-29-15(2)11-32(24)12-17/h5-6,9-12,16,21,27-28H,3-4,7-8,13H2,1-2H3,(H,30,33)/t21-/m0/s1. The van der Waals surface area contributed by atoms with E-state index in [0.717, 1.165) is 47.8 Å². The number of aryl methyl sites for hydroxylation is 2. The zero-order valence-corrected chi connectivity index (χ0v) is 18.8. The van der Waals surface area contributed by atoms with Crippen LogP contribution in [0.15, 0.2) is 36.7 Å². The van der Waals surface area contributed by atoms with Gasteiger partial charge in [-0.05, 0) is 50.8 Å². The molecule has 0 spiro atoms. The Kier molecular flexibility index (Phi) is 4.65. The van der Waals surface area contributed by atoms with Gasteiger partial charge in [0.2, 0.25) is 0 Å². The number of aromatic amines is 1. The van der Waals surface area contributed by atoms with E-state index in [0.29, 0.717) is 23.0 Å². The number of nitrogens with one attached hydrogen (secondary N) is 3. The van der Waals surface area contributed by atoms with Gasteiger partial charge < -0.3 is 24.9 Å². The van der Waals surface area contributed by atoms with Crippen molar-refractivity contribution in [2.45, 2.75) is 32.7 Å². The molecule has 3 N–H and O–H groups in total. The average molecular weight is 447 g/mol. The van der Waals surface area contributed by atoms with Gasteiger partial charge in [0.25, 0.3) is 5.91 Å². The lowest BCUT2D eigenvalue weighted by atomic mass is 10.0. The average Bonchev–Trinajstić information content (AvgIpc) is 3.46. The molecule has 170 valence electrons. The largest absolute Gasteiger partial charge is 0.368 e. The highest BCUT2D eigenvalue weighted by atomic mass is 19.1. The molecule has 2 aliphatic rings. The summed E-state index contributed by atoms with van der Waals surface area (Å²) >= 11 is 0. The van der Waals surface area contributed by atoms with Gasteiger partial charge in [0, 0.05) is 60.9 Å². The number of piperazine rings is 1. The SMILES string of the molecule is Cc1cn2cc(NC(=O)c3ccc(N4CCN[C@H](C5CC5)C4)c4cc(C)[nH]c34)cc(F)c2n1. The van der Waals surface area contributed by atoms with Crippen LogP contribution in [-0.2, 0) is 0 Å². The molecule has 8 heteroatoms. The van der Waals surface area contributed by atoms with E-state index in [1.54, 1.807) is 16.8 Å². The van der Waals surface area contributed by atoms with Crippen molar-refractivity contribution in [3.63, 3.8) is 0 Å². The first-order valence-corrected chi connectivity index (χ1v) is 11.5. The number of benzene rings is 1. The van der Waals surface area contributed by atoms with E-state index in [1.807, 2.05) is 26.0 Å². The fraction of sp³-hybridized carbons (Fsp3) is 0.360. The number of rotatable bonds is 4. The monoisotopic (exact) mass is 446 g/mol. The van der Waals surface area contributed by atoms with Crippen LogP contribution in [0.4, 0.5) is 15.8 Å². The fourth-order valence-electron chi connectivity index (χ4n) is 5.06. The Bertz CT molecular complexity index is 1380. The van der Waals surface area contributed by atoms with Crippen molar-refractivity contribution in [2.24, 2.45) is 5.92 Å². The summed E-state index contributed by atoms with van der Waals surface area (Å²) in [6.07, 6.45) is 6.04. The third-order valence-electron chi connectivity index (χ3n) is 6.77. The van der Waals surface area contributed by atoms with Gasteiger partial charge in [-0.15, -0.1) is 0 Å². The number of fused-ring (bicyclic) bond motifs is 2. The summed E-state index contributed by atoms with van der Waals surface area (Å²) in [7, 11) is 0. The molecule has 6 rings (SSSR count). The number of imidazole rings is 1. The van der Waals surface area contributed by atoms with Crippen LogP contribution >= 0.6 is 0 Å². The molecular formula is C25H27FN6O. The third-order valence-corrected chi connectivity index (χ3v) is 6.77. The van der Waals surface area contributed by atoms with E-state index in [4.69, 9.17) is 0 Å². The molecule has 0 radical (unpaired) electrons. The zero-order valence-electron chi connectivity index (χ0n) is 18.8. The summed E-state index contributed by atoms with van der Waals surface area (Å²) in [4.78, 5) is 23.2. The highest BCUT2D eigenvalue weighted by molar-refractivity contribution is 6.14. The summed E-state index contributed by atoms with van der Waals surface area (Å²) in [6, 6.07) is 7.86. The van der Waals surface area contributed by atoms with Gasteiger partial charge in [-0.25, -0.2) is 9.37 Å². The molecule has 1 saturated carbocycles. The van der Waals surface area contributed by atoms with Crippen molar-refractivity contribution in [3.05, 3.63) is 59.4 Å². The molecule has 4 aromatic rings. The Morgan fingerprint density at radius 1 is 1.21 bits per heavy atom. The van der Waals surface area contributed by atoms with Crippen LogP contribution in [0.1, 0.15) is 34.6 Å². The van der Waals surface area contributed by atoms with E-state index in [1.165, 1.54) is 18.9 Å². The number of aromatic nitrogens is 3. The summed E-state index contributed by atoms with van der Waals surface area (Å²) in [5.41, 5.74) is 4.85. The predicted octanol–water partition coefficient (Wildman–Crippen LogP) is 4.01. The van der Waals surface area contributed by atoms with Gasteiger partial charge in [-0.1, -0.05) is 0 Å². The molecule has 1 amide bonds. The minimum atomic E-state index is -0.471. The summed E-state index contributed by atoms with van der Waals surface area (Å²) in [5.74, 6) is 0.0412. The Morgan fingerprint density at radius 2 is 2.06 bits per heavy atom. The second kappa shape index (κ2) is 7.59. The van der Waals surface area contributed by atoms with E-state index in [-0.39, 0.29) is 11.6 Å². The Balaban J connectivity index is 1.32. The molecule has 1 saturated heterocycles. The predicted molar refractivity (Wildman–Crippen MR) is 128 cm³/mol. The maximum atomic E-state index is 14.5. The molecule has 7 nitrogen and oxygen atoms in total. The maximum absolute atomic E-state index is 14.5. The Labute approximate surface area is 191 Å². The first-order valence-electron chi connectivity index (χ1n) is 11.5. The van der Waals surface area contributed by atoms with Crippen LogP contribution in [0.5, 0.6) is 0 Å². The lowest BCUT2D eigenvalue weighted by molar-refractivity contribution is 0.102. The lowest BCUT2D eigenvalue weighted by Gasteiger charge is -2.36. The molecular weight excluding hydrogens is 419 g/mol. The lowest BCUT2D eigenvalue weighted by Crippen LogP contribution is -2.51. The third kappa shape index (κ3) is 3.64. The van der Waals surface area contributed by atoms with Gasteiger partial charge in [0.1, 0.15) is 0 Å². The van der Waals surface area contributed by atoms with Crippen molar-refractivity contribution in [1.82, 2.24) is 19.7 Å². The van der Waals surface area contributed by atoms with Crippen LogP contribution in [0.25, 0.3) is 16.6 Å². The molecule has 33 heavy (non-hydrogen) atoms. The first kappa shape index (κ1) is 20.2. The molecule has 4 heterocycles. The maximum Gasteiger partial charge on any atom is 0.257 e. The topological polar surface area (TPSA) is 77.5 Å². The Morgan fingerprint density at radius 3 is 2.88 bits per heavy atom. The van der Waals surface area contributed by atoms with Crippen molar-refractivity contribution in [2.75, 3.05) is 29.9 Å². The van der Waals surface area contributed by atoms with Gasteiger partial charge in [0.15, 0.2) is 11.5 Å². The number of hydrogen-bond donors (Lipinski definition) is 3. The molecule has 0 unspecified atom stereocenters. The van der Waals surface area contributed by atoms with E-state index in [2.05, 4.69) is 31.6 Å². The highest BCUT2D eigenvalue weighted by Crippen LogP contribution is 2.36. The molecule has 1 aliphatic carbocycles. The number of carbonyl (C=O) groups is 1. The van der Waals surface area contributed by atoms with E-state index < -0.39 is 5.82 Å². The molecule has 2 fully saturated rings. The van der Waals surface area contributed by atoms with Crippen LogP contribution in [0.3, 0.4) is 0 Å². The number of amides is 1. The number of pyridine rings is 1. The number of halogens is 1. The quantitative estimate of drug-likeness (QED) is 0.443. The summed E-state index contributed by atoms with van der Waals surface area (Å²) in [5, 5.41) is 7.56. The molecule has 1 aromatic carbocycles. The normalized spacial score (nSPS) is 18.9. The van der Waals surface area contributed by atoms with Crippen LogP contribution in [0, 0.1) is 25.6 Å². The van der Waals surface area contributed by atoms with Gasteiger partial charge in [-0.2, -0.15) is 0 Å². The van der Waals surface area contributed by atoms with Gasteiger partial charge in [0.05, 0.1) is 22.5 Å². The molecule has 0 bridgehead atoms. The second-order valence-corrected chi connectivity index (χ2v) is 9.36. The smallest absolute Gasteiger partial charge is 0.257 e. The van der Waals surface area contributed by atoms with Crippen molar-refractivity contribution < 1.29 is 9.18 Å². The molecule has 3 aromatic heterocycles. The summed E-state index contributed by atoms with van der Waals surface area (Å²) < 4.78 is 16.1. The second-order valence-electron chi connectivity index (χ2n) is 9.36. The number of hydrogen-bond acceptors (Lipinski definition) is 4. The number of carbonyl (C=O) groups excluding carboxylic acids is 1. The van der Waals surface area contributed by atoms with Crippen molar-refractivity contribution >= 4 is 33.8 Å². The van der Waals surface area contributed by atoms with Crippen LogP contribution < -0.4 is 15.5 Å². The van der Waals surface area contributed by atoms with Gasteiger partial charge in [-0.3, -0.25) is 4.79 Å². The van der Waals surface area contributed by atoms with E-state index >= 15 is 0 Å². The number of nitrogens with zero attached hydrogens (tertiary/aromatic N) is 3.